The molecule has 162 valence electrons. The molecule has 1 aromatic rings. The summed E-state index contributed by atoms with van der Waals surface area (Å²) in [5.41, 5.74) is 1.15. The van der Waals surface area contributed by atoms with E-state index < -0.39 is 24.3 Å². The monoisotopic (exact) mass is 550 g/mol. The molecule has 0 bridgehead atoms. The smallest absolute Gasteiger partial charge is 0.303 e. The first-order chi connectivity index (χ1) is 13.8. The molecule has 1 aliphatic carbocycles. The minimum Gasteiger partial charge on any atom is -0.481 e. The lowest BCUT2D eigenvalue weighted by Crippen LogP contribution is -2.20. The minimum atomic E-state index is -0.796. The fraction of sp³-hybridized carbons (Fsp3) is 0.571. The van der Waals surface area contributed by atoms with Crippen molar-refractivity contribution in [2.45, 2.75) is 63.3 Å². The summed E-state index contributed by atoms with van der Waals surface area (Å²) >= 11 is 8.58. The van der Waals surface area contributed by atoms with Crippen molar-refractivity contribution >= 4 is 49.2 Å². The summed E-state index contributed by atoms with van der Waals surface area (Å²) in [6, 6.07) is 2.04. The molecule has 4 unspecified atom stereocenters. The number of aliphatic carboxylic acids is 1. The van der Waals surface area contributed by atoms with E-state index in [0.29, 0.717) is 32.1 Å². The Balaban J connectivity index is 1.84. The van der Waals surface area contributed by atoms with Gasteiger partial charge in [-0.1, -0.05) is 24.3 Å². The maximum absolute atomic E-state index is 10.5. The summed E-state index contributed by atoms with van der Waals surface area (Å²) in [6.45, 7) is 0. The first-order valence-corrected chi connectivity index (χ1v) is 12.2. The Morgan fingerprint density at radius 3 is 2.69 bits per heavy atom. The number of aryl methyl sites for hydroxylation is 1. The fourth-order valence-corrected chi connectivity index (χ4v) is 6.56. The van der Waals surface area contributed by atoms with E-state index in [2.05, 4.69) is 31.9 Å². The molecule has 1 heterocycles. The van der Waals surface area contributed by atoms with Crippen molar-refractivity contribution < 1.29 is 25.2 Å². The number of aliphatic hydroxyl groups excluding tert-OH is 3. The molecule has 0 amide bonds. The van der Waals surface area contributed by atoms with Gasteiger partial charge in [-0.3, -0.25) is 4.79 Å². The first-order valence-electron chi connectivity index (χ1n) is 9.81. The Kier molecular flexibility index (Phi) is 10.6. The van der Waals surface area contributed by atoms with E-state index in [1.165, 1.54) is 0 Å². The van der Waals surface area contributed by atoms with Crippen LogP contribution in [0.3, 0.4) is 0 Å². The second-order valence-electron chi connectivity index (χ2n) is 7.45. The predicted molar refractivity (Wildman–Crippen MR) is 122 cm³/mol. The molecule has 0 aliphatic heterocycles. The predicted octanol–water partition coefficient (Wildman–Crippen LogP) is 4.68. The van der Waals surface area contributed by atoms with Crippen LogP contribution in [0.15, 0.2) is 37.9 Å². The normalized spacial score (nSPS) is 26.0. The van der Waals surface area contributed by atoms with Crippen molar-refractivity contribution in [1.29, 1.82) is 0 Å². The molecule has 0 saturated heterocycles. The quantitative estimate of drug-likeness (QED) is 0.236. The van der Waals surface area contributed by atoms with Crippen LogP contribution in [0.4, 0.5) is 0 Å². The number of hydrogen-bond acceptors (Lipinski definition) is 5. The van der Waals surface area contributed by atoms with Crippen molar-refractivity contribution in [1.82, 2.24) is 0 Å². The van der Waals surface area contributed by atoms with Crippen molar-refractivity contribution in [2.24, 2.45) is 11.8 Å². The number of rotatable bonds is 11. The highest BCUT2D eigenvalue weighted by Gasteiger charge is 2.39. The van der Waals surface area contributed by atoms with Crippen LogP contribution in [0.25, 0.3) is 0 Å². The molecule has 29 heavy (non-hydrogen) atoms. The maximum atomic E-state index is 10.5. The molecule has 0 radical (unpaired) electrons. The summed E-state index contributed by atoms with van der Waals surface area (Å²) in [4.78, 5) is 10.5. The van der Waals surface area contributed by atoms with Gasteiger partial charge in [-0.05, 0) is 81.5 Å². The molecule has 2 rings (SSSR count). The molecule has 8 heteroatoms. The highest BCUT2D eigenvalue weighted by molar-refractivity contribution is 9.12. The average molecular weight is 552 g/mol. The topological polar surface area (TPSA) is 98.0 Å². The van der Waals surface area contributed by atoms with Crippen molar-refractivity contribution in [3.8, 4) is 0 Å². The van der Waals surface area contributed by atoms with Crippen molar-refractivity contribution in [2.75, 3.05) is 0 Å². The zero-order valence-corrected chi connectivity index (χ0v) is 20.1. The second-order valence-corrected chi connectivity index (χ2v) is 11.2. The molecule has 4 N–H and O–H groups in total. The zero-order valence-electron chi connectivity index (χ0n) is 16.1. The van der Waals surface area contributed by atoms with Gasteiger partial charge in [-0.15, -0.1) is 11.3 Å². The van der Waals surface area contributed by atoms with Gasteiger partial charge in [0.15, 0.2) is 0 Å². The van der Waals surface area contributed by atoms with Gasteiger partial charge >= 0.3 is 5.97 Å². The standard InChI is InChI=1S/C21H28Br2O5S/c22-19-11-13(21(23)29-19)7-8-14(24)9-10-16-15(17(25)12-18(16)26)5-3-1-2-4-6-20(27)28/h1,3,9-11,14-18,24-26H,2,4-8,12H2,(H,27,28)/t14?,15-,16?,17?,18?/m1/s1. The summed E-state index contributed by atoms with van der Waals surface area (Å²) in [5.74, 6) is -1.10. The highest BCUT2D eigenvalue weighted by Crippen LogP contribution is 2.36. The Morgan fingerprint density at radius 1 is 1.28 bits per heavy atom. The van der Waals surface area contributed by atoms with Gasteiger partial charge in [0.25, 0.3) is 0 Å². The Hall–Kier alpha value is -0.510. The molecule has 1 saturated carbocycles. The van der Waals surface area contributed by atoms with Crippen LogP contribution in [-0.4, -0.2) is 44.7 Å². The third kappa shape index (κ3) is 8.26. The number of aliphatic hydroxyl groups is 3. The third-order valence-electron chi connectivity index (χ3n) is 5.24. The summed E-state index contributed by atoms with van der Waals surface area (Å²) in [5, 5.41) is 39.5. The van der Waals surface area contributed by atoms with Crippen LogP contribution >= 0.6 is 43.2 Å². The van der Waals surface area contributed by atoms with E-state index in [-0.39, 0.29) is 18.3 Å². The van der Waals surface area contributed by atoms with Gasteiger partial charge in [0.1, 0.15) is 0 Å². The lowest BCUT2D eigenvalue weighted by Gasteiger charge is -2.19. The van der Waals surface area contributed by atoms with Crippen LogP contribution in [0.5, 0.6) is 0 Å². The van der Waals surface area contributed by atoms with E-state index in [4.69, 9.17) is 5.11 Å². The Bertz CT molecular complexity index is 718. The van der Waals surface area contributed by atoms with E-state index in [1.807, 2.05) is 24.3 Å². The Labute approximate surface area is 192 Å². The first kappa shape index (κ1) is 24.8. The van der Waals surface area contributed by atoms with Crippen LogP contribution < -0.4 is 0 Å². The molecular formula is C21H28Br2O5S. The number of unbranched alkanes of at least 4 members (excludes halogenated alkanes) is 1. The molecular weight excluding hydrogens is 524 g/mol. The van der Waals surface area contributed by atoms with Crippen LogP contribution in [0.1, 0.15) is 44.1 Å². The second kappa shape index (κ2) is 12.4. The van der Waals surface area contributed by atoms with Gasteiger partial charge in [0, 0.05) is 18.8 Å². The number of hydrogen-bond donors (Lipinski definition) is 4. The number of halogens is 2. The molecule has 0 spiro atoms. The van der Waals surface area contributed by atoms with Crippen LogP contribution in [0, 0.1) is 11.8 Å². The summed E-state index contributed by atoms with van der Waals surface area (Å²) in [6.07, 6.45) is 9.34. The number of allylic oxidation sites excluding steroid dienone is 2. The molecule has 0 aromatic carbocycles. The lowest BCUT2D eigenvalue weighted by molar-refractivity contribution is -0.137. The molecule has 1 aromatic heterocycles. The molecule has 5 atom stereocenters. The number of carboxylic acids is 1. The third-order valence-corrected chi connectivity index (χ3v) is 7.71. The number of thiophene rings is 1. The van der Waals surface area contributed by atoms with E-state index in [9.17, 15) is 20.1 Å². The molecule has 1 aliphatic rings. The van der Waals surface area contributed by atoms with Gasteiger partial charge in [0.2, 0.25) is 0 Å². The number of carbonyl (C=O) groups is 1. The zero-order chi connectivity index (χ0) is 21.4. The van der Waals surface area contributed by atoms with E-state index in [0.717, 1.165) is 19.6 Å². The van der Waals surface area contributed by atoms with Crippen molar-refractivity contribution in [3.05, 3.63) is 43.5 Å². The lowest BCUT2D eigenvalue weighted by atomic mass is 9.89. The summed E-state index contributed by atoms with van der Waals surface area (Å²) < 4.78 is 2.11. The number of carboxylic acid groups (broad SMARTS) is 1. The Morgan fingerprint density at radius 2 is 2.03 bits per heavy atom. The average Bonchev–Trinajstić information content (AvgIpc) is 3.11. The van der Waals surface area contributed by atoms with E-state index >= 15 is 0 Å². The fourth-order valence-electron chi connectivity index (χ4n) is 3.65. The van der Waals surface area contributed by atoms with Crippen LogP contribution in [-0.2, 0) is 11.2 Å². The molecule has 1 fully saturated rings. The van der Waals surface area contributed by atoms with E-state index in [1.54, 1.807) is 17.4 Å². The largest absolute Gasteiger partial charge is 0.481 e. The summed E-state index contributed by atoms with van der Waals surface area (Å²) in [7, 11) is 0. The van der Waals surface area contributed by atoms with Gasteiger partial charge in [-0.25, -0.2) is 0 Å². The minimum absolute atomic E-state index is 0.105. The maximum Gasteiger partial charge on any atom is 0.303 e. The highest BCUT2D eigenvalue weighted by atomic mass is 79.9. The molecule has 5 nitrogen and oxygen atoms in total. The van der Waals surface area contributed by atoms with Gasteiger partial charge in [0.05, 0.1) is 25.9 Å². The SMILES string of the molecule is O=C(O)CCCC=CC[C@H]1C(O)CC(O)C1C=CC(O)CCc1cc(Br)sc1Br. The van der Waals surface area contributed by atoms with Crippen LogP contribution in [0.2, 0.25) is 0 Å². The van der Waals surface area contributed by atoms with Gasteiger partial charge < -0.3 is 20.4 Å². The van der Waals surface area contributed by atoms with Crippen molar-refractivity contribution in [3.63, 3.8) is 0 Å². The van der Waals surface area contributed by atoms with Gasteiger partial charge in [-0.2, -0.15) is 0 Å².